The van der Waals surface area contributed by atoms with Gasteiger partial charge in [0, 0.05) is 19.6 Å². The van der Waals surface area contributed by atoms with E-state index in [1.807, 2.05) is 6.92 Å². The largest absolute Gasteiger partial charge is 0.368 e. The Morgan fingerprint density at radius 2 is 1.94 bits per heavy atom. The number of hydrogen-bond donors (Lipinski definition) is 2. The van der Waals surface area contributed by atoms with Gasteiger partial charge in [-0.2, -0.15) is 0 Å². The minimum absolute atomic E-state index is 0.248. The Labute approximate surface area is 111 Å². The molecule has 106 valence electrons. The number of nitrogens with two attached hydrogens (primary N) is 1. The SMILES string of the molecule is CCCNC(C)(CN1CC(C)CC(C)C1)C(N)=O. The summed E-state index contributed by atoms with van der Waals surface area (Å²) in [6.45, 7) is 12.3. The summed E-state index contributed by atoms with van der Waals surface area (Å²) in [6.07, 6.45) is 2.29. The van der Waals surface area contributed by atoms with Crippen LogP contribution in [0.25, 0.3) is 0 Å². The predicted octanol–water partition coefficient (Wildman–Crippen LogP) is 1.21. The summed E-state index contributed by atoms with van der Waals surface area (Å²) >= 11 is 0. The van der Waals surface area contributed by atoms with E-state index in [9.17, 15) is 4.79 Å². The van der Waals surface area contributed by atoms with E-state index in [0.29, 0.717) is 11.8 Å². The Bertz CT molecular complexity index is 272. The summed E-state index contributed by atoms with van der Waals surface area (Å²) in [5.74, 6) is 1.16. The summed E-state index contributed by atoms with van der Waals surface area (Å²) in [6, 6.07) is 0. The lowest BCUT2D eigenvalue weighted by Crippen LogP contribution is -2.61. The third-order valence-corrected chi connectivity index (χ3v) is 3.79. The van der Waals surface area contributed by atoms with E-state index < -0.39 is 5.54 Å². The molecule has 0 spiro atoms. The summed E-state index contributed by atoms with van der Waals surface area (Å²) in [5.41, 5.74) is 4.97. The van der Waals surface area contributed by atoms with E-state index in [2.05, 4.69) is 31.0 Å². The summed E-state index contributed by atoms with van der Waals surface area (Å²) in [5, 5.41) is 3.31. The molecule has 3 N–H and O–H groups in total. The molecule has 1 aliphatic heterocycles. The molecule has 1 heterocycles. The molecule has 0 aromatic heterocycles. The van der Waals surface area contributed by atoms with Crippen molar-refractivity contribution < 1.29 is 4.79 Å². The third-order valence-electron chi connectivity index (χ3n) is 3.79. The van der Waals surface area contributed by atoms with E-state index in [1.165, 1.54) is 6.42 Å². The number of primary amides is 1. The van der Waals surface area contributed by atoms with Crippen LogP contribution < -0.4 is 11.1 Å². The van der Waals surface area contributed by atoms with Crippen LogP contribution in [0.15, 0.2) is 0 Å². The molecule has 4 heteroatoms. The number of carbonyl (C=O) groups excluding carboxylic acids is 1. The minimum Gasteiger partial charge on any atom is -0.368 e. The Morgan fingerprint density at radius 3 is 2.39 bits per heavy atom. The molecule has 1 fully saturated rings. The van der Waals surface area contributed by atoms with Crippen molar-refractivity contribution in [1.29, 1.82) is 0 Å². The summed E-state index contributed by atoms with van der Waals surface area (Å²) in [4.78, 5) is 14.1. The Balaban J connectivity index is 2.62. The predicted molar refractivity (Wildman–Crippen MR) is 75.3 cm³/mol. The molecule has 1 saturated heterocycles. The maximum Gasteiger partial charge on any atom is 0.238 e. The highest BCUT2D eigenvalue weighted by atomic mass is 16.1. The summed E-state index contributed by atoms with van der Waals surface area (Å²) in [7, 11) is 0. The quantitative estimate of drug-likeness (QED) is 0.750. The first-order valence-electron chi connectivity index (χ1n) is 7.14. The van der Waals surface area contributed by atoms with Crippen molar-refractivity contribution in [2.75, 3.05) is 26.2 Å². The van der Waals surface area contributed by atoms with Crippen LogP contribution in [0.1, 0.15) is 40.5 Å². The van der Waals surface area contributed by atoms with Gasteiger partial charge in [0.25, 0.3) is 0 Å². The van der Waals surface area contributed by atoms with Crippen LogP contribution in [0.4, 0.5) is 0 Å². The van der Waals surface area contributed by atoms with Gasteiger partial charge in [0.15, 0.2) is 0 Å². The zero-order valence-electron chi connectivity index (χ0n) is 12.3. The second kappa shape index (κ2) is 6.53. The molecule has 3 atom stereocenters. The highest BCUT2D eigenvalue weighted by Gasteiger charge is 2.34. The lowest BCUT2D eigenvalue weighted by atomic mass is 9.90. The molecule has 3 unspecified atom stereocenters. The van der Waals surface area contributed by atoms with Gasteiger partial charge in [0.2, 0.25) is 5.91 Å². The fraction of sp³-hybridized carbons (Fsp3) is 0.929. The molecule has 18 heavy (non-hydrogen) atoms. The van der Waals surface area contributed by atoms with E-state index in [1.54, 1.807) is 0 Å². The zero-order chi connectivity index (χ0) is 13.8. The first kappa shape index (κ1) is 15.4. The fourth-order valence-corrected chi connectivity index (χ4v) is 2.99. The van der Waals surface area contributed by atoms with Gasteiger partial charge < -0.3 is 16.0 Å². The van der Waals surface area contributed by atoms with Crippen molar-refractivity contribution in [2.24, 2.45) is 17.6 Å². The monoisotopic (exact) mass is 255 g/mol. The summed E-state index contributed by atoms with van der Waals surface area (Å²) < 4.78 is 0. The number of rotatable bonds is 6. The topological polar surface area (TPSA) is 58.4 Å². The van der Waals surface area contributed by atoms with Gasteiger partial charge in [-0.1, -0.05) is 20.8 Å². The average molecular weight is 255 g/mol. The lowest BCUT2D eigenvalue weighted by molar-refractivity contribution is -0.125. The number of carbonyl (C=O) groups is 1. The molecule has 1 rings (SSSR count). The minimum atomic E-state index is -0.604. The smallest absolute Gasteiger partial charge is 0.238 e. The highest BCUT2D eigenvalue weighted by Crippen LogP contribution is 2.22. The molecular formula is C14H29N3O. The van der Waals surface area contributed by atoms with Crippen LogP contribution in [-0.4, -0.2) is 42.5 Å². The molecule has 0 bridgehead atoms. The highest BCUT2D eigenvalue weighted by molar-refractivity contribution is 5.84. The Morgan fingerprint density at radius 1 is 1.39 bits per heavy atom. The van der Waals surface area contributed by atoms with Crippen molar-refractivity contribution in [1.82, 2.24) is 10.2 Å². The average Bonchev–Trinajstić information content (AvgIpc) is 2.24. The molecule has 0 saturated carbocycles. The van der Waals surface area contributed by atoms with Crippen molar-refractivity contribution in [3.05, 3.63) is 0 Å². The molecule has 0 aromatic rings. The molecule has 0 aliphatic carbocycles. The van der Waals surface area contributed by atoms with E-state index in [0.717, 1.165) is 32.6 Å². The normalized spacial score (nSPS) is 28.9. The number of nitrogens with one attached hydrogen (secondary N) is 1. The number of piperidine rings is 1. The van der Waals surface area contributed by atoms with Crippen LogP contribution in [-0.2, 0) is 4.79 Å². The second-order valence-electron chi connectivity index (χ2n) is 6.26. The van der Waals surface area contributed by atoms with E-state index in [4.69, 9.17) is 5.73 Å². The fourth-order valence-electron chi connectivity index (χ4n) is 2.99. The number of nitrogens with zero attached hydrogens (tertiary/aromatic N) is 1. The van der Waals surface area contributed by atoms with Crippen molar-refractivity contribution in [2.45, 2.75) is 46.1 Å². The third kappa shape index (κ3) is 4.25. The molecule has 0 aromatic carbocycles. The zero-order valence-corrected chi connectivity index (χ0v) is 12.3. The molecule has 4 nitrogen and oxygen atoms in total. The van der Waals surface area contributed by atoms with Gasteiger partial charge >= 0.3 is 0 Å². The Kier molecular flexibility index (Phi) is 5.60. The first-order chi connectivity index (χ1) is 8.37. The maximum absolute atomic E-state index is 11.7. The van der Waals surface area contributed by atoms with Crippen LogP contribution in [0.3, 0.4) is 0 Å². The van der Waals surface area contributed by atoms with E-state index >= 15 is 0 Å². The number of amides is 1. The maximum atomic E-state index is 11.7. The van der Waals surface area contributed by atoms with Crippen LogP contribution >= 0.6 is 0 Å². The van der Waals surface area contributed by atoms with Crippen molar-refractivity contribution in [3.8, 4) is 0 Å². The van der Waals surface area contributed by atoms with Gasteiger partial charge in [-0.25, -0.2) is 0 Å². The molecular weight excluding hydrogens is 226 g/mol. The van der Waals surface area contributed by atoms with Gasteiger partial charge in [-0.3, -0.25) is 4.79 Å². The standard InChI is InChI=1S/C14H29N3O/c1-5-6-16-14(4,13(15)18)10-17-8-11(2)7-12(3)9-17/h11-12,16H,5-10H2,1-4H3,(H2,15,18). The number of likely N-dealkylation sites (tertiary alicyclic amines) is 1. The Hall–Kier alpha value is -0.610. The first-order valence-corrected chi connectivity index (χ1v) is 7.14. The molecule has 1 amide bonds. The van der Waals surface area contributed by atoms with Crippen LogP contribution in [0.5, 0.6) is 0 Å². The van der Waals surface area contributed by atoms with Crippen LogP contribution in [0.2, 0.25) is 0 Å². The lowest BCUT2D eigenvalue weighted by Gasteiger charge is -2.40. The molecule has 1 aliphatic rings. The van der Waals surface area contributed by atoms with Gasteiger partial charge in [0.1, 0.15) is 5.54 Å². The van der Waals surface area contributed by atoms with Gasteiger partial charge in [-0.05, 0) is 38.1 Å². The van der Waals surface area contributed by atoms with Gasteiger partial charge in [-0.15, -0.1) is 0 Å². The van der Waals surface area contributed by atoms with Crippen molar-refractivity contribution in [3.63, 3.8) is 0 Å². The van der Waals surface area contributed by atoms with Crippen LogP contribution in [0, 0.1) is 11.8 Å². The molecule has 0 radical (unpaired) electrons. The number of hydrogen-bond acceptors (Lipinski definition) is 3. The van der Waals surface area contributed by atoms with E-state index in [-0.39, 0.29) is 5.91 Å². The van der Waals surface area contributed by atoms with Gasteiger partial charge in [0.05, 0.1) is 0 Å². The second-order valence-corrected chi connectivity index (χ2v) is 6.26. The van der Waals surface area contributed by atoms with Crippen molar-refractivity contribution >= 4 is 5.91 Å².